The van der Waals surface area contributed by atoms with Gasteiger partial charge in [-0.15, -0.1) is 0 Å². The number of hydrogen-bond donors (Lipinski definition) is 2. The third-order valence-electron chi connectivity index (χ3n) is 2.82. The normalized spacial score (nSPS) is 26.1. The highest BCUT2D eigenvalue weighted by molar-refractivity contribution is 5.39. The minimum absolute atomic E-state index is 0.179. The Morgan fingerprint density at radius 3 is 3.00 bits per heavy atom. The Morgan fingerprint density at radius 1 is 1.54 bits per heavy atom. The zero-order chi connectivity index (χ0) is 9.42. The molecule has 0 amide bonds. The first-order valence-electron chi connectivity index (χ1n) is 4.77. The summed E-state index contributed by atoms with van der Waals surface area (Å²) in [6, 6.07) is 6.14. The predicted octanol–water partition coefficient (Wildman–Crippen LogP) is 1.17. The van der Waals surface area contributed by atoms with Gasteiger partial charge >= 0.3 is 0 Å². The average Bonchev–Trinajstić information content (AvgIpc) is 2.43. The first-order chi connectivity index (χ1) is 6.22. The molecule has 0 aromatic heterocycles. The number of rotatable bonds is 1. The standard InChI is InChI=1S/C11H15NO/c1-2-7-3-4-8-6-10(13)11(12)9(8)5-7/h3-5,10-11,13H,2,6,12H2,1H3. The Morgan fingerprint density at radius 2 is 2.31 bits per heavy atom. The third-order valence-corrected chi connectivity index (χ3v) is 2.82. The highest BCUT2D eigenvalue weighted by Crippen LogP contribution is 2.30. The lowest BCUT2D eigenvalue weighted by Crippen LogP contribution is -2.21. The summed E-state index contributed by atoms with van der Waals surface area (Å²) in [5.41, 5.74) is 9.50. The zero-order valence-electron chi connectivity index (χ0n) is 7.83. The van der Waals surface area contributed by atoms with Crippen LogP contribution in [0.1, 0.15) is 29.7 Å². The van der Waals surface area contributed by atoms with Crippen molar-refractivity contribution in [3.05, 3.63) is 34.9 Å². The summed E-state index contributed by atoms with van der Waals surface area (Å²) in [5, 5.41) is 9.56. The lowest BCUT2D eigenvalue weighted by Gasteiger charge is -2.09. The molecular weight excluding hydrogens is 162 g/mol. The van der Waals surface area contributed by atoms with Crippen molar-refractivity contribution < 1.29 is 5.11 Å². The Balaban J connectivity index is 2.42. The first-order valence-corrected chi connectivity index (χ1v) is 4.77. The predicted molar refractivity (Wildman–Crippen MR) is 52.5 cm³/mol. The fourth-order valence-corrected chi connectivity index (χ4v) is 1.92. The van der Waals surface area contributed by atoms with Crippen LogP contribution in [-0.2, 0) is 12.8 Å². The first kappa shape index (κ1) is 8.73. The number of aliphatic hydroxyl groups is 1. The second-order valence-electron chi connectivity index (χ2n) is 3.68. The molecule has 0 heterocycles. The maximum Gasteiger partial charge on any atom is 0.0773 e. The van der Waals surface area contributed by atoms with Gasteiger partial charge in [0.05, 0.1) is 12.1 Å². The lowest BCUT2D eigenvalue weighted by atomic mass is 10.0. The van der Waals surface area contributed by atoms with Crippen LogP contribution < -0.4 is 5.73 Å². The summed E-state index contributed by atoms with van der Waals surface area (Å²) in [4.78, 5) is 0. The van der Waals surface area contributed by atoms with Crippen LogP contribution in [0.25, 0.3) is 0 Å². The molecule has 2 heteroatoms. The van der Waals surface area contributed by atoms with Crippen LogP contribution in [0.5, 0.6) is 0 Å². The van der Waals surface area contributed by atoms with E-state index in [9.17, 15) is 5.11 Å². The summed E-state index contributed by atoms with van der Waals surface area (Å²) >= 11 is 0. The van der Waals surface area contributed by atoms with Crippen LogP contribution in [0.15, 0.2) is 18.2 Å². The van der Waals surface area contributed by atoms with Gasteiger partial charge in [-0.3, -0.25) is 0 Å². The molecule has 1 aliphatic carbocycles. The van der Waals surface area contributed by atoms with Gasteiger partial charge in [-0.1, -0.05) is 25.1 Å². The van der Waals surface area contributed by atoms with Crippen molar-refractivity contribution >= 4 is 0 Å². The van der Waals surface area contributed by atoms with E-state index in [1.165, 1.54) is 11.1 Å². The molecule has 3 N–H and O–H groups in total. The lowest BCUT2D eigenvalue weighted by molar-refractivity contribution is 0.158. The number of fused-ring (bicyclic) bond motifs is 1. The van der Waals surface area contributed by atoms with Crippen molar-refractivity contribution in [2.24, 2.45) is 5.73 Å². The Kier molecular flexibility index (Phi) is 2.10. The molecule has 1 aromatic carbocycles. The van der Waals surface area contributed by atoms with Crippen LogP contribution in [0.2, 0.25) is 0 Å². The van der Waals surface area contributed by atoms with Crippen LogP contribution >= 0.6 is 0 Å². The van der Waals surface area contributed by atoms with E-state index in [2.05, 4.69) is 25.1 Å². The number of aryl methyl sites for hydroxylation is 1. The van der Waals surface area contributed by atoms with Crippen molar-refractivity contribution in [3.63, 3.8) is 0 Å². The molecule has 0 radical (unpaired) electrons. The number of aliphatic hydroxyl groups excluding tert-OH is 1. The zero-order valence-corrected chi connectivity index (χ0v) is 7.83. The summed E-state index contributed by atoms with van der Waals surface area (Å²) in [6.07, 6.45) is 1.35. The van der Waals surface area contributed by atoms with Crippen molar-refractivity contribution in [2.45, 2.75) is 31.9 Å². The highest BCUT2D eigenvalue weighted by atomic mass is 16.3. The van der Waals surface area contributed by atoms with Gasteiger partial charge < -0.3 is 10.8 Å². The molecule has 0 spiro atoms. The van der Waals surface area contributed by atoms with Crippen molar-refractivity contribution in [2.75, 3.05) is 0 Å². The summed E-state index contributed by atoms with van der Waals surface area (Å²) in [6.45, 7) is 2.12. The van der Waals surface area contributed by atoms with Crippen LogP contribution in [0, 0.1) is 0 Å². The van der Waals surface area contributed by atoms with Crippen molar-refractivity contribution in [1.82, 2.24) is 0 Å². The van der Waals surface area contributed by atoms with Gasteiger partial charge in [0.2, 0.25) is 0 Å². The van der Waals surface area contributed by atoms with Crippen molar-refractivity contribution in [1.29, 1.82) is 0 Å². The molecule has 0 fully saturated rings. The minimum Gasteiger partial charge on any atom is -0.391 e. The van der Waals surface area contributed by atoms with Gasteiger partial charge in [0.15, 0.2) is 0 Å². The second-order valence-corrected chi connectivity index (χ2v) is 3.68. The maximum absolute atomic E-state index is 9.56. The second kappa shape index (κ2) is 3.13. The molecule has 2 unspecified atom stereocenters. The average molecular weight is 177 g/mol. The molecule has 70 valence electrons. The quantitative estimate of drug-likeness (QED) is 0.676. The molecule has 0 saturated carbocycles. The molecule has 1 aliphatic rings. The van der Waals surface area contributed by atoms with E-state index >= 15 is 0 Å². The molecule has 0 saturated heterocycles. The van der Waals surface area contributed by atoms with Gasteiger partial charge in [0.1, 0.15) is 0 Å². The van der Waals surface area contributed by atoms with Crippen molar-refractivity contribution in [3.8, 4) is 0 Å². The van der Waals surface area contributed by atoms with Gasteiger partial charge in [-0.2, -0.15) is 0 Å². The van der Waals surface area contributed by atoms with Gasteiger partial charge in [0, 0.05) is 6.42 Å². The van der Waals surface area contributed by atoms with Crippen LogP contribution in [0.3, 0.4) is 0 Å². The van der Waals surface area contributed by atoms with Crippen LogP contribution in [-0.4, -0.2) is 11.2 Å². The maximum atomic E-state index is 9.56. The van der Waals surface area contributed by atoms with E-state index in [-0.39, 0.29) is 12.1 Å². The smallest absolute Gasteiger partial charge is 0.0773 e. The Labute approximate surface area is 78.4 Å². The van der Waals surface area contributed by atoms with Gasteiger partial charge in [0.25, 0.3) is 0 Å². The number of nitrogens with two attached hydrogens (primary N) is 1. The molecule has 13 heavy (non-hydrogen) atoms. The van der Waals surface area contributed by atoms with Gasteiger partial charge in [-0.05, 0) is 23.1 Å². The molecule has 2 rings (SSSR count). The molecule has 2 nitrogen and oxygen atoms in total. The largest absolute Gasteiger partial charge is 0.391 e. The monoisotopic (exact) mass is 177 g/mol. The van der Waals surface area contributed by atoms with E-state index < -0.39 is 0 Å². The van der Waals surface area contributed by atoms with Crippen LogP contribution in [0.4, 0.5) is 0 Å². The molecule has 2 atom stereocenters. The molecule has 1 aromatic rings. The Hall–Kier alpha value is -0.860. The van der Waals surface area contributed by atoms with E-state index in [1.54, 1.807) is 0 Å². The molecular formula is C11H15NO. The summed E-state index contributed by atoms with van der Waals surface area (Å²) in [7, 11) is 0. The minimum atomic E-state index is -0.387. The van der Waals surface area contributed by atoms with E-state index in [4.69, 9.17) is 5.73 Å². The number of hydrogen-bond acceptors (Lipinski definition) is 2. The summed E-state index contributed by atoms with van der Waals surface area (Å²) < 4.78 is 0. The molecule has 0 bridgehead atoms. The van der Waals surface area contributed by atoms with Gasteiger partial charge in [-0.25, -0.2) is 0 Å². The Bertz CT molecular complexity index is 322. The SMILES string of the molecule is CCc1ccc2c(c1)C(N)C(O)C2. The third kappa shape index (κ3) is 1.36. The van der Waals surface area contributed by atoms with E-state index in [1.807, 2.05) is 0 Å². The summed E-state index contributed by atoms with van der Waals surface area (Å²) in [5.74, 6) is 0. The highest BCUT2D eigenvalue weighted by Gasteiger charge is 2.27. The molecule has 0 aliphatic heterocycles. The fourth-order valence-electron chi connectivity index (χ4n) is 1.92. The number of benzene rings is 1. The van der Waals surface area contributed by atoms with E-state index in [0.717, 1.165) is 12.0 Å². The topological polar surface area (TPSA) is 46.2 Å². The fraction of sp³-hybridized carbons (Fsp3) is 0.455. The van der Waals surface area contributed by atoms with E-state index in [0.29, 0.717) is 6.42 Å².